The lowest BCUT2D eigenvalue weighted by atomic mass is 10.1. The van der Waals surface area contributed by atoms with Crippen LogP contribution in [0.25, 0.3) is 0 Å². The number of benzene rings is 1. The summed E-state index contributed by atoms with van der Waals surface area (Å²) in [6, 6.07) is 7.43. The number of hydrogen-bond acceptors (Lipinski definition) is 6. The van der Waals surface area contributed by atoms with Crippen molar-refractivity contribution in [2.45, 2.75) is 6.54 Å². The predicted molar refractivity (Wildman–Crippen MR) is 84.2 cm³/mol. The number of aromatic hydroxyl groups is 1. The summed E-state index contributed by atoms with van der Waals surface area (Å²) in [5, 5.41) is 10.2. The number of nitrogens with zero attached hydrogens (tertiary/aromatic N) is 4. The first-order chi connectivity index (χ1) is 10.8. The number of phenolic OH excluding ortho intramolecular Hbond substituents is 1. The van der Waals surface area contributed by atoms with Crippen LogP contribution in [-0.4, -0.2) is 53.3 Å². The summed E-state index contributed by atoms with van der Waals surface area (Å²) < 4.78 is 5.16. The normalized spacial score (nSPS) is 15.8. The van der Waals surface area contributed by atoms with Gasteiger partial charge in [-0.3, -0.25) is 4.90 Å². The Hall–Kier alpha value is -2.34. The van der Waals surface area contributed by atoms with E-state index in [9.17, 15) is 5.11 Å². The van der Waals surface area contributed by atoms with Gasteiger partial charge in [-0.25, -0.2) is 9.97 Å². The summed E-state index contributed by atoms with van der Waals surface area (Å²) in [4.78, 5) is 13.1. The standard InChI is InChI=1S/C16H20N4O2/c1-22-14-5-2-4-13(15(14)21)12-19-8-10-20(11-9-19)16-17-6-3-7-18-16/h2-7,21H,8-12H2,1H3. The molecule has 0 unspecified atom stereocenters. The van der Waals surface area contributed by atoms with Crippen molar-refractivity contribution in [2.75, 3.05) is 38.2 Å². The zero-order valence-corrected chi connectivity index (χ0v) is 12.6. The molecule has 0 aliphatic carbocycles. The molecular formula is C16H20N4O2. The number of aromatic nitrogens is 2. The van der Waals surface area contributed by atoms with Gasteiger partial charge in [0.2, 0.25) is 5.95 Å². The lowest BCUT2D eigenvalue weighted by Crippen LogP contribution is -2.46. The fourth-order valence-electron chi connectivity index (χ4n) is 2.66. The Morgan fingerprint density at radius 1 is 1.09 bits per heavy atom. The zero-order chi connectivity index (χ0) is 15.4. The van der Waals surface area contributed by atoms with Crippen LogP contribution < -0.4 is 9.64 Å². The zero-order valence-electron chi connectivity index (χ0n) is 12.6. The number of methoxy groups -OCH3 is 1. The summed E-state index contributed by atoms with van der Waals surface area (Å²) in [5.41, 5.74) is 0.892. The van der Waals surface area contributed by atoms with Gasteiger partial charge in [0.25, 0.3) is 0 Å². The predicted octanol–water partition coefficient (Wildman–Crippen LogP) is 1.51. The molecule has 0 spiro atoms. The number of phenols is 1. The Balaban J connectivity index is 1.61. The highest BCUT2D eigenvalue weighted by molar-refractivity contribution is 5.45. The number of ether oxygens (including phenoxy) is 1. The molecule has 3 rings (SSSR count). The fraction of sp³-hybridized carbons (Fsp3) is 0.375. The van der Waals surface area contributed by atoms with Crippen LogP contribution in [0, 0.1) is 0 Å². The second kappa shape index (κ2) is 6.62. The molecule has 6 heteroatoms. The van der Waals surface area contributed by atoms with Gasteiger partial charge in [-0.05, 0) is 12.1 Å². The van der Waals surface area contributed by atoms with E-state index in [2.05, 4.69) is 19.8 Å². The van der Waals surface area contributed by atoms with Crippen molar-refractivity contribution in [3.8, 4) is 11.5 Å². The quantitative estimate of drug-likeness (QED) is 0.923. The first kappa shape index (κ1) is 14.6. The third-order valence-electron chi connectivity index (χ3n) is 3.90. The highest BCUT2D eigenvalue weighted by Crippen LogP contribution is 2.30. The molecule has 0 bridgehead atoms. The van der Waals surface area contributed by atoms with Crippen LogP contribution in [-0.2, 0) is 6.54 Å². The van der Waals surface area contributed by atoms with E-state index in [4.69, 9.17) is 4.74 Å². The molecule has 22 heavy (non-hydrogen) atoms. The maximum Gasteiger partial charge on any atom is 0.225 e. The lowest BCUT2D eigenvalue weighted by molar-refractivity contribution is 0.244. The van der Waals surface area contributed by atoms with Crippen molar-refractivity contribution < 1.29 is 9.84 Å². The van der Waals surface area contributed by atoms with E-state index in [0.717, 1.165) is 37.7 Å². The number of anilines is 1. The molecule has 0 saturated carbocycles. The molecule has 1 fully saturated rings. The van der Waals surface area contributed by atoms with Crippen molar-refractivity contribution in [2.24, 2.45) is 0 Å². The van der Waals surface area contributed by atoms with Gasteiger partial charge in [0.1, 0.15) is 0 Å². The molecule has 2 heterocycles. The van der Waals surface area contributed by atoms with Crippen molar-refractivity contribution >= 4 is 5.95 Å². The van der Waals surface area contributed by atoms with Crippen molar-refractivity contribution in [1.82, 2.24) is 14.9 Å². The third kappa shape index (κ3) is 3.12. The largest absolute Gasteiger partial charge is 0.504 e. The second-order valence-electron chi connectivity index (χ2n) is 5.28. The van der Waals surface area contributed by atoms with Gasteiger partial charge in [-0.2, -0.15) is 0 Å². The Morgan fingerprint density at radius 2 is 1.82 bits per heavy atom. The highest BCUT2D eigenvalue weighted by Gasteiger charge is 2.20. The molecule has 1 aliphatic rings. The van der Waals surface area contributed by atoms with E-state index >= 15 is 0 Å². The van der Waals surface area contributed by atoms with E-state index in [1.807, 2.05) is 18.2 Å². The van der Waals surface area contributed by atoms with Crippen LogP contribution in [0.5, 0.6) is 11.5 Å². The van der Waals surface area contributed by atoms with E-state index in [1.165, 1.54) is 0 Å². The van der Waals surface area contributed by atoms with E-state index in [0.29, 0.717) is 12.3 Å². The number of rotatable bonds is 4. The van der Waals surface area contributed by atoms with Crippen LogP contribution in [0.4, 0.5) is 5.95 Å². The van der Waals surface area contributed by atoms with Gasteiger partial charge in [0.05, 0.1) is 7.11 Å². The van der Waals surface area contributed by atoms with Gasteiger partial charge < -0.3 is 14.7 Å². The summed E-state index contributed by atoms with van der Waals surface area (Å²) in [7, 11) is 1.57. The monoisotopic (exact) mass is 300 g/mol. The molecule has 0 atom stereocenters. The first-order valence-electron chi connectivity index (χ1n) is 7.37. The van der Waals surface area contributed by atoms with Crippen LogP contribution in [0.15, 0.2) is 36.7 Å². The SMILES string of the molecule is COc1cccc(CN2CCN(c3ncccn3)CC2)c1O. The maximum atomic E-state index is 10.2. The molecule has 0 radical (unpaired) electrons. The minimum Gasteiger partial charge on any atom is -0.504 e. The number of para-hydroxylation sites is 1. The van der Waals surface area contributed by atoms with Crippen LogP contribution >= 0.6 is 0 Å². The molecule has 6 nitrogen and oxygen atoms in total. The lowest BCUT2D eigenvalue weighted by Gasteiger charge is -2.34. The minimum absolute atomic E-state index is 0.235. The molecule has 1 saturated heterocycles. The number of hydrogen-bond donors (Lipinski definition) is 1. The Kier molecular flexibility index (Phi) is 4.39. The van der Waals surface area contributed by atoms with Gasteiger partial charge in [0.15, 0.2) is 11.5 Å². The van der Waals surface area contributed by atoms with Gasteiger partial charge in [-0.15, -0.1) is 0 Å². The maximum absolute atomic E-state index is 10.2. The average molecular weight is 300 g/mol. The van der Waals surface area contributed by atoms with E-state index in [1.54, 1.807) is 25.6 Å². The van der Waals surface area contributed by atoms with Gasteiger partial charge in [-0.1, -0.05) is 12.1 Å². The molecular weight excluding hydrogens is 280 g/mol. The fourth-order valence-corrected chi connectivity index (χ4v) is 2.66. The summed E-state index contributed by atoms with van der Waals surface area (Å²) in [6.07, 6.45) is 3.53. The van der Waals surface area contributed by atoms with Crippen LogP contribution in [0.2, 0.25) is 0 Å². The molecule has 1 aliphatic heterocycles. The molecule has 2 aromatic rings. The molecule has 1 aromatic carbocycles. The van der Waals surface area contributed by atoms with E-state index < -0.39 is 0 Å². The van der Waals surface area contributed by atoms with Gasteiger partial charge >= 0.3 is 0 Å². The van der Waals surface area contributed by atoms with Crippen LogP contribution in [0.1, 0.15) is 5.56 Å². The van der Waals surface area contributed by atoms with Gasteiger partial charge in [0, 0.05) is 50.7 Å². The minimum atomic E-state index is 0.235. The molecule has 116 valence electrons. The Labute approximate surface area is 130 Å². The average Bonchev–Trinajstić information content (AvgIpc) is 2.58. The Bertz CT molecular complexity index is 613. The first-order valence-corrected chi connectivity index (χ1v) is 7.37. The third-order valence-corrected chi connectivity index (χ3v) is 3.90. The molecule has 0 amide bonds. The van der Waals surface area contributed by atoms with Crippen LogP contribution in [0.3, 0.4) is 0 Å². The van der Waals surface area contributed by atoms with Crippen molar-refractivity contribution in [1.29, 1.82) is 0 Å². The Morgan fingerprint density at radius 3 is 2.50 bits per heavy atom. The summed E-state index contributed by atoms with van der Waals surface area (Å²) in [6.45, 7) is 4.31. The summed E-state index contributed by atoms with van der Waals surface area (Å²) in [5.74, 6) is 1.54. The summed E-state index contributed by atoms with van der Waals surface area (Å²) >= 11 is 0. The highest BCUT2D eigenvalue weighted by atomic mass is 16.5. The van der Waals surface area contributed by atoms with E-state index in [-0.39, 0.29) is 5.75 Å². The molecule has 1 N–H and O–H groups in total. The molecule has 1 aromatic heterocycles. The van der Waals surface area contributed by atoms with Crippen molar-refractivity contribution in [3.05, 3.63) is 42.2 Å². The van der Waals surface area contributed by atoms with Crippen molar-refractivity contribution in [3.63, 3.8) is 0 Å². The number of piperazine rings is 1. The topological polar surface area (TPSA) is 61.7 Å². The second-order valence-corrected chi connectivity index (χ2v) is 5.28. The smallest absolute Gasteiger partial charge is 0.225 e.